The number of nitrogens with zero attached hydrogens (tertiary/aromatic N) is 5. The summed E-state index contributed by atoms with van der Waals surface area (Å²) in [6.07, 6.45) is 6.44. The summed E-state index contributed by atoms with van der Waals surface area (Å²) >= 11 is 0. The number of rotatable bonds is 9. The topological polar surface area (TPSA) is 134 Å². The molecule has 3 N–H and O–H groups in total. The number of carbonyl (C=O) groups is 1. The lowest BCUT2D eigenvalue weighted by Gasteiger charge is -2.36. The second kappa shape index (κ2) is 12.2. The van der Waals surface area contributed by atoms with Gasteiger partial charge in [0, 0.05) is 59.4 Å². The number of benzene rings is 1. The highest BCUT2D eigenvalue weighted by Crippen LogP contribution is 2.25. The number of hydrogen-bond donors (Lipinski definition) is 3. The van der Waals surface area contributed by atoms with Crippen LogP contribution in [0.1, 0.15) is 24.2 Å². The fourth-order valence-corrected chi connectivity index (χ4v) is 4.68. The van der Waals surface area contributed by atoms with Gasteiger partial charge in [-0.3, -0.25) is 4.79 Å². The molecular formula is C27H34N8O3S. The van der Waals surface area contributed by atoms with E-state index < -0.39 is 9.73 Å². The fourth-order valence-electron chi connectivity index (χ4n) is 4.13. The van der Waals surface area contributed by atoms with Crippen LogP contribution in [0.3, 0.4) is 0 Å². The maximum Gasteiger partial charge on any atom is 0.256 e. The molecule has 0 saturated carbocycles. The highest BCUT2D eigenvalue weighted by Gasteiger charge is 2.22. The summed E-state index contributed by atoms with van der Waals surface area (Å²) in [4.78, 5) is 28.4. The van der Waals surface area contributed by atoms with E-state index in [1.807, 2.05) is 24.3 Å². The van der Waals surface area contributed by atoms with Gasteiger partial charge in [-0.05, 0) is 50.2 Å². The van der Waals surface area contributed by atoms with Gasteiger partial charge in [-0.25, -0.2) is 14.2 Å². The lowest BCUT2D eigenvalue weighted by Crippen LogP contribution is -2.45. The molecule has 4 rings (SSSR count). The molecule has 0 spiro atoms. The Kier molecular flexibility index (Phi) is 8.77. The summed E-state index contributed by atoms with van der Waals surface area (Å²) < 4.78 is 22.1. The van der Waals surface area contributed by atoms with E-state index in [1.54, 1.807) is 24.3 Å². The molecule has 1 saturated heterocycles. The van der Waals surface area contributed by atoms with Gasteiger partial charge < -0.3 is 25.6 Å². The molecule has 2 atom stereocenters. The first kappa shape index (κ1) is 28.0. The number of ether oxygens (including phenoxy) is 1. The maximum atomic E-state index is 12.8. The lowest BCUT2D eigenvalue weighted by molar-refractivity contribution is -0.00521. The van der Waals surface area contributed by atoms with E-state index in [1.165, 1.54) is 18.7 Å². The molecule has 3 aromatic rings. The van der Waals surface area contributed by atoms with E-state index in [4.69, 9.17) is 4.74 Å². The van der Waals surface area contributed by atoms with Crippen molar-refractivity contribution < 1.29 is 13.7 Å². The number of carbonyl (C=O) groups excluding carboxylic acids is 1. The molecule has 3 heterocycles. The van der Waals surface area contributed by atoms with Crippen molar-refractivity contribution in [3.63, 3.8) is 0 Å². The molecular weight excluding hydrogens is 516 g/mol. The van der Waals surface area contributed by atoms with Crippen LogP contribution in [-0.4, -0.2) is 69.4 Å². The van der Waals surface area contributed by atoms with E-state index >= 15 is 0 Å². The van der Waals surface area contributed by atoms with E-state index in [-0.39, 0.29) is 29.5 Å². The number of anilines is 5. The number of hydrogen-bond acceptors (Lipinski definition) is 10. The Morgan fingerprint density at radius 1 is 1.13 bits per heavy atom. The van der Waals surface area contributed by atoms with Crippen molar-refractivity contribution in [3.05, 3.63) is 66.9 Å². The molecule has 11 nitrogen and oxygen atoms in total. The zero-order chi connectivity index (χ0) is 28.0. The SMILES string of the molecule is C=CCNC(=O)c1cnc(Nc2ccc(N3C[C@@H](C)O[C@@H](C)C3)cc2)nc1Nc1cccc(N=S(C)(C)=O)n1. The van der Waals surface area contributed by atoms with Crippen LogP contribution in [0.2, 0.25) is 0 Å². The monoisotopic (exact) mass is 550 g/mol. The van der Waals surface area contributed by atoms with Gasteiger partial charge in [-0.1, -0.05) is 12.1 Å². The second-order valence-electron chi connectivity index (χ2n) is 9.57. The predicted molar refractivity (Wildman–Crippen MR) is 156 cm³/mol. The first-order valence-corrected chi connectivity index (χ1v) is 14.9. The summed E-state index contributed by atoms with van der Waals surface area (Å²) in [5.41, 5.74) is 2.13. The molecule has 206 valence electrons. The zero-order valence-electron chi connectivity index (χ0n) is 22.5. The largest absolute Gasteiger partial charge is 0.372 e. The number of nitrogens with one attached hydrogen (secondary N) is 3. The van der Waals surface area contributed by atoms with Gasteiger partial charge in [0.25, 0.3) is 5.91 Å². The Morgan fingerprint density at radius 2 is 1.85 bits per heavy atom. The third kappa shape index (κ3) is 7.98. The molecule has 2 aromatic heterocycles. The van der Waals surface area contributed by atoms with Crippen LogP contribution in [0.5, 0.6) is 0 Å². The first-order chi connectivity index (χ1) is 18.6. The van der Waals surface area contributed by atoms with Gasteiger partial charge in [0.05, 0.1) is 12.2 Å². The van der Waals surface area contributed by atoms with E-state index in [9.17, 15) is 9.00 Å². The van der Waals surface area contributed by atoms with Crippen LogP contribution in [0, 0.1) is 0 Å². The van der Waals surface area contributed by atoms with Crippen LogP contribution in [-0.2, 0) is 14.5 Å². The summed E-state index contributed by atoms with van der Waals surface area (Å²) in [5, 5.41) is 9.02. The van der Waals surface area contributed by atoms with Crippen molar-refractivity contribution in [2.24, 2.45) is 4.36 Å². The Balaban J connectivity index is 1.57. The summed E-state index contributed by atoms with van der Waals surface area (Å²) in [6, 6.07) is 13.1. The normalized spacial score (nSPS) is 17.3. The third-order valence-corrected chi connectivity index (χ3v) is 6.27. The van der Waals surface area contributed by atoms with Gasteiger partial charge in [-0.15, -0.1) is 6.58 Å². The fraction of sp³-hybridized carbons (Fsp3) is 0.333. The minimum Gasteiger partial charge on any atom is -0.372 e. The summed E-state index contributed by atoms with van der Waals surface area (Å²) in [5.74, 6) is 0.878. The van der Waals surface area contributed by atoms with Crippen molar-refractivity contribution in [1.82, 2.24) is 20.3 Å². The average molecular weight is 551 g/mol. The predicted octanol–water partition coefficient (Wildman–Crippen LogP) is 4.25. The van der Waals surface area contributed by atoms with Crippen molar-refractivity contribution in [2.75, 3.05) is 47.7 Å². The lowest BCUT2D eigenvalue weighted by atomic mass is 10.2. The van der Waals surface area contributed by atoms with Crippen molar-refractivity contribution >= 4 is 50.4 Å². The molecule has 12 heteroatoms. The highest BCUT2D eigenvalue weighted by atomic mass is 32.2. The molecule has 1 aromatic carbocycles. The van der Waals surface area contributed by atoms with Gasteiger partial charge in [-0.2, -0.15) is 9.35 Å². The Morgan fingerprint density at radius 3 is 2.51 bits per heavy atom. The summed E-state index contributed by atoms with van der Waals surface area (Å²) in [6.45, 7) is 9.75. The van der Waals surface area contributed by atoms with Crippen molar-refractivity contribution in [2.45, 2.75) is 26.1 Å². The molecule has 1 aliphatic heterocycles. The molecule has 1 aliphatic rings. The number of amides is 1. The Labute approximate surface area is 229 Å². The minimum absolute atomic E-state index is 0.171. The molecule has 1 amide bonds. The molecule has 0 aliphatic carbocycles. The number of pyridine rings is 1. The minimum atomic E-state index is -2.39. The van der Waals surface area contributed by atoms with Crippen LogP contribution in [0.4, 0.5) is 34.8 Å². The van der Waals surface area contributed by atoms with Crippen LogP contribution in [0.25, 0.3) is 0 Å². The van der Waals surface area contributed by atoms with Crippen LogP contribution < -0.4 is 20.9 Å². The molecule has 0 bridgehead atoms. The molecule has 0 unspecified atom stereocenters. The number of morpholine rings is 1. The molecule has 1 fully saturated rings. The third-order valence-electron chi connectivity index (χ3n) is 5.64. The van der Waals surface area contributed by atoms with Crippen molar-refractivity contribution in [3.8, 4) is 0 Å². The maximum absolute atomic E-state index is 12.8. The Hall–Kier alpha value is -4.03. The van der Waals surface area contributed by atoms with Crippen molar-refractivity contribution in [1.29, 1.82) is 0 Å². The van der Waals surface area contributed by atoms with Crippen LogP contribution >= 0.6 is 0 Å². The van der Waals surface area contributed by atoms with Gasteiger partial charge in [0.1, 0.15) is 17.2 Å². The van der Waals surface area contributed by atoms with E-state index in [0.717, 1.165) is 24.5 Å². The van der Waals surface area contributed by atoms with E-state index in [2.05, 4.69) is 60.6 Å². The molecule has 0 radical (unpaired) electrons. The van der Waals surface area contributed by atoms with Gasteiger partial charge in [0.15, 0.2) is 5.82 Å². The van der Waals surface area contributed by atoms with Gasteiger partial charge in [0.2, 0.25) is 5.95 Å². The first-order valence-electron chi connectivity index (χ1n) is 12.5. The number of aromatic nitrogens is 3. The smallest absolute Gasteiger partial charge is 0.256 e. The van der Waals surface area contributed by atoms with Crippen LogP contribution in [0.15, 0.2) is 65.7 Å². The zero-order valence-corrected chi connectivity index (χ0v) is 23.4. The quantitative estimate of drug-likeness (QED) is 0.334. The Bertz CT molecular complexity index is 1440. The summed E-state index contributed by atoms with van der Waals surface area (Å²) in [7, 11) is -2.39. The highest BCUT2D eigenvalue weighted by molar-refractivity contribution is 7.92. The van der Waals surface area contributed by atoms with E-state index in [0.29, 0.717) is 24.1 Å². The van der Waals surface area contributed by atoms with Gasteiger partial charge >= 0.3 is 0 Å². The molecule has 39 heavy (non-hydrogen) atoms. The standard InChI is InChI=1S/C27H34N8O3S/c1-6-14-28-26(36)22-15-29-27(33-25(22)32-23-8-7-9-24(31-23)34-39(4,5)37)30-20-10-12-21(13-11-20)35-16-18(2)38-19(3)17-35/h6-13,15,18-19H,1,14,16-17H2,2-5H3,(H,28,36)(H2,29,30,31,32,33)/t18-,19+. The average Bonchev–Trinajstić information content (AvgIpc) is 2.86. The second-order valence-corrected chi connectivity index (χ2v) is 12.1.